The minimum atomic E-state index is -0.861. The summed E-state index contributed by atoms with van der Waals surface area (Å²) in [5, 5.41) is 0. The lowest BCUT2D eigenvalue weighted by molar-refractivity contribution is -0.181. The van der Waals surface area contributed by atoms with Crippen molar-refractivity contribution in [2.75, 3.05) is 13.1 Å². The molecule has 0 saturated carbocycles. The number of carbonyl (C=O) groups excluding carboxylic acids is 2. The van der Waals surface area contributed by atoms with Gasteiger partial charge in [-0.3, -0.25) is 9.59 Å². The minimum Gasteiger partial charge on any atom is -0.489 e. The van der Waals surface area contributed by atoms with Crippen molar-refractivity contribution in [3.05, 3.63) is 203 Å². The fraction of sp³-hybridized carbons (Fsp3) is 0.255. The zero-order valence-electron chi connectivity index (χ0n) is 34.0. The van der Waals surface area contributed by atoms with Crippen LogP contribution in [0.4, 0.5) is 0 Å². The van der Waals surface area contributed by atoms with E-state index >= 15 is 0 Å². The van der Waals surface area contributed by atoms with Crippen molar-refractivity contribution in [1.82, 2.24) is 9.80 Å². The van der Waals surface area contributed by atoms with Crippen LogP contribution in [0.15, 0.2) is 170 Å². The van der Waals surface area contributed by atoms with Gasteiger partial charge in [-0.15, -0.1) is 0 Å². The summed E-state index contributed by atoms with van der Waals surface area (Å²) >= 11 is 0. The Hall–Kier alpha value is -6.22. The number of hydrogen-bond donors (Lipinski definition) is 0. The van der Waals surface area contributed by atoms with E-state index in [0.717, 1.165) is 44.9 Å². The molecule has 2 heterocycles. The van der Waals surface area contributed by atoms with Gasteiger partial charge in [-0.05, 0) is 78.4 Å². The third-order valence-corrected chi connectivity index (χ3v) is 10.5. The average molecular weight is 789 g/mol. The van der Waals surface area contributed by atoms with E-state index in [1.165, 1.54) is 0 Å². The Morgan fingerprint density at radius 3 is 1.37 bits per heavy atom. The smallest absolute Gasteiger partial charge is 0.254 e. The highest BCUT2D eigenvalue weighted by atomic mass is 16.5. The summed E-state index contributed by atoms with van der Waals surface area (Å²) in [6, 6.07) is 56.3. The molecule has 3 atom stereocenters. The van der Waals surface area contributed by atoms with Crippen LogP contribution in [-0.2, 0) is 45.4 Å². The van der Waals surface area contributed by atoms with E-state index in [-0.39, 0.29) is 24.0 Å². The summed E-state index contributed by atoms with van der Waals surface area (Å²) in [7, 11) is 0. The highest BCUT2D eigenvalue weighted by molar-refractivity contribution is 5.85. The van der Waals surface area contributed by atoms with Crippen LogP contribution in [0.1, 0.15) is 66.4 Å². The summed E-state index contributed by atoms with van der Waals surface area (Å²) < 4.78 is 23.9. The Morgan fingerprint density at radius 1 is 0.525 bits per heavy atom. The zero-order chi connectivity index (χ0) is 41.0. The molecule has 0 bridgehead atoms. The van der Waals surface area contributed by atoms with Crippen molar-refractivity contribution >= 4 is 11.8 Å². The fourth-order valence-corrected chi connectivity index (χ4v) is 7.29. The number of nitrogens with zero attached hydrogens (tertiary/aromatic N) is 2. The third-order valence-electron chi connectivity index (χ3n) is 10.5. The number of morpholine rings is 2. The number of benzene rings is 6. The Labute approximate surface area is 347 Å². The first kappa shape index (κ1) is 41.0. The molecular weight excluding hydrogens is 737 g/mol. The van der Waals surface area contributed by atoms with Crippen molar-refractivity contribution < 1.29 is 28.5 Å². The second kappa shape index (κ2) is 19.5. The Bertz CT molecular complexity index is 2220. The van der Waals surface area contributed by atoms with Gasteiger partial charge in [0.2, 0.25) is 0 Å². The fourth-order valence-electron chi connectivity index (χ4n) is 7.29. The molecule has 6 aromatic rings. The van der Waals surface area contributed by atoms with E-state index in [2.05, 4.69) is 0 Å². The van der Waals surface area contributed by atoms with Crippen LogP contribution in [0.2, 0.25) is 0 Å². The summed E-state index contributed by atoms with van der Waals surface area (Å²) in [4.78, 5) is 29.2. The van der Waals surface area contributed by atoms with Gasteiger partial charge in [-0.2, -0.15) is 0 Å². The molecule has 8 rings (SSSR count). The van der Waals surface area contributed by atoms with Crippen LogP contribution >= 0.6 is 0 Å². The first-order valence-corrected chi connectivity index (χ1v) is 20.2. The van der Waals surface area contributed by atoms with E-state index in [0.29, 0.717) is 39.4 Å². The van der Waals surface area contributed by atoms with Crippen LogP contribution in [-0.4, -0.2) is 46.4 Å². The summed E-state index contributed by atoms with van der Waals surface area (Å²) in [5.41, 5.74) is 5.74. The Kier molecular flexibility index (Phi) is 13.5. The summed E-state index contributed by atoms with van der Waals surface area (Å²) in [5.74, 6) is 1.69. The molecule has 2 saturated heterocycles. The van der Waals surface area contributed by atoms with Crippen LogP contribution < -0.4 is 9.47 Å². The number of ether oxygens (including phenoxy) is 4. The van der Waals surface area contributed by atoms with Crippen LogP contribution in [0.5, 0.6) is 11.5 Å². The normalized spacial score (nSPS) is 18.7. The molecule has 3 unspecified atom stereocenters. The largest absolute Gasteiger partial charge is 0.489 e. The van der Waals surface area contributed by atoms with Gasteiger partial charge in [0.15, 0.2) is 0 Å². The van der Waals surface area contributed by atoms with Gasteiger partial charge in [0, 0.05) is 13.1 Å². The SMILES string of the molecule is CC1(C)OC(c2ccc(OCc3ccccc3)cc2)CN(Cc2ccccc2)C1=O.CC1OC(c2ccc(OCc3ccccc3)cc2)CN(Cc2ccccc2)C1=O. The lowest BCUT2D eigenvalue weighted by Crippen LogP contribution is -2.53. The lowest BCUT2D eigenvalue weighted by atomic mass is 9.99. The molecule has 0 aliphatic carbocycles. The van der Waals surface area contributed by atoms with Crippen molar-refractivity contribution in [3.8, 4) is 11.5 Å². The molecule has 0 aromatic heterocycles. The van der Waals surface area contributed by atoms with E-state index in [9.17, 15) is 9.59 Å². The standard InChI is InChI=1S/C26H27NO3.C25H25NO3/c1-26(2)25(28)27(17-20-9-5-3-6-10-20)18-24(30-26)22-13-15-23(16-14-22)29-19-21-11-7-4-8-12-21;1-19-25(27)26(16-20-8-4-2-5-9-20)17-24(29-19)22-12-14-23(15-13-22)28-18-21-10-6-3-7-11-21/h3-16,24H,17-19H2,1-2H3;2-15,19,24H,16-18H2,1H3. The van der Waals surface area contributed by atoms with Gasteiger partial charge in [0.05, 0.1) is 13.1 Å². The van der Waals surface area contributed by atoms with Crippen LogP contribution in [0, 0.1) is 0 Å². The topological polar surface area (TPSA) is 77.5 Å². The maximum absolute atomic E-state index is 12.9. The molecule has 6 aromatic carbocycles. The predicted molar refractivity (Wildman–Crippen MR) is 229 cm³/mol. The number of rotatable bonds is 12. The van der Waals surface area contributed by atoms with E-state index in [1.807, 2.05) is 200 Å². The molecule has 8 nitrogen and oxygen atoms in total. The second-order valence-corrected chi connectivity index (χ2v) is 15.4. The Balaban J connectivity index is 0.000000179. The summed E-state index contributed by atoms with van der Waals surface area (Å²) in [6.45, 7) is 8.84. The van der Waals surface area contributed by atoms with Gasteiger partial charge < -0.3 is 28.7 Å². The van der Waals surface area contributed by atoms with Crippen molar-refractivity contribution in [2.45, 2.75) is 71.0 Å². The molecule has 2 aliphatic heterocycles. The predicted octanol–water partition coefficient (Wildman–Crippen LogP) is 9.90. The average Bonchev–Trinajstić information content (AvgIpc) is 3.27. The molecule has 0 N–H and O–H groups in total. The van der Waals surface area contributed by atoms with E-state index < -0.39 is 11.7 Å². The lowest BCUT2D eigenvalue weighted by Gasteiger charge is -2.42. The number of hydrogen-bond acceptors (Lipinski definition) is 6. The van der Waals surface area contributed by atoms with Crippen LogP contribution in [0.25, 0.3) is 0 Å². The quantitative estimate of drug-likeness (QED) is 0.123. The number of carbonyl (C=O) groups is 2. The summed E-state index contributed by atoms with van der Waals surface area (Å²) in [6.07, 6.45) is -0.773. The molecule has 8 heteroatoms. The minimum absolute atomic E-state index is 0.0189. The highest BCUT2D eigenvalue weighted by Crippen LogP contribution is 2.34. The van der Waals surface area contributed by atoms with Crippen molar-refractivity contribution in [2.24, 2.45) is 0 Å². The van der Waals surface area contributed by atoms with Crippen molar-refractivity contribution in [3.63, 3.8) is 0 Å². The molecule has 59 heavy (non-hydrogen) atoms. The van der Waals surface area contributed by atoms with Gasteiger partial charge in [0.25, 0.3) is 11.8 Å². The monoisotopic (exact) mass is 788 g/mol. The second-order valence-electron chi connectivity index (χ2n) is 15.4. The molecule has 0 radical (unpaired) electrons. The highest BCUT2D eigenvalue weighted by Gasteiger charge is 2.41. The zero-order valence-corrected chi connectivity index (χ0v) is 34.0. The van der Waals surface area contributed by atoms with Gasteiger partial charge >= 0.3 is 0 Å². The maximum Gasteiger partial charge on any atom is 0.254 e. The van der Waals surface area contributed by atoms with Crippen LogP contribution in [0.3, 0.4) is 0 Å². The van der Waals surface area contributed by atoms with Crippen molar-refractivity contribution in [1.29, 1.82) is 0 Å². The first-order valence-electron chi connectivity index (χ1n) is 20.2. The molecule has 302 valence electrons. The van der Waals surface area contributed by atoms with E-state index in [4.69, 9.17) is 18.9 Å². The maximum atomic E-state index is 12.9. The van der Waals surface area contributed by atoms with Gasteiger partial charge in [0.1, 0.15) is 48.6 Å². The molecular formula is C51H52N2O6. The molecule has 2 aliphatic rings. The molecule has 2 fully saturated rings. The first-order chi connectivity index (χ1) is 28.7. The molecule has 0 spiro atoms. The van der Waals surface area contributed by atoms with Gasteiger partial charge in [-0.25, -0.2) is 0 Å². The van der Waals surface area contributed by atoms with Gasteiger partial charge in [-0.1, -0.05) is 146 Å². The third kappa shape index (κ3) is 11.3. The Morgan fingerprint density at radius 2 is 0.915 bits per heavy atom. The number of amides is 2. The van der Waals surface area contributed by atoms with E-state index in [1.54, 1.807) is 0 Å². The molecule has 2 amide bonds.